The third-order valence-electron chi connectivity index (χ3n) is 3.38. The fourth-order valence-electron chi connectivity index (χ4n) is 2.26. The van der Waals surface area contributed by atoms with Gasteiger partial charge in [-0.05, 0) is 39.0 Å². The molecule has 0 spiro atoms. The Morgan fingerprint density at radius 2 is 1.91 bits per heavy atom. The zero-order valence-electron chi connectivity index (χ0n) is 12.9. The minimum Gasteiger partial charge on any atom is -0.293 e. The van der Waals surface area contributed by atoms with E-state index in [1.54, 1.807) is 4.52 Å². The number of hydrogen-bond donors (Lipinski definition) is 0. The lowest BCUT2D eigenvalue weighted by molar-refractivity contribution is 0.0994. The second-order valence-corrected chi connectivity index (χ2v) is 7.50. The first-order valence-electron chi connectivity index (χ1n) is 7.11. The van der Waals surface area contributed by atoms with Crippen LogP contribution in [-0.4, -0.2) is 30.6 Å². The maximum atomic E-state index is 12.5. The molecule has 0 saturated heterocycles. The quantitative estimate of drug-likeness (QED) is 0.499. The summed E-state index contributed by atoms with van der Waals surface area (Å²) < 4.78 is 2.65. The summed E-state index contributed by atoms with van der Waals surface area (Å²) in [4.78, 5) is 21.3. The summed E-state index contributed by atoms with van der Waals surface area (Å²) in [6, 6.07) is 9.31. The molecule has 2 aromatic heterocycles. The first kappa shape index (κ1) is 16.1. The molecule has 0 amide bonds. The van der Waals surface area contributed by atoms with E-state index >= 15 is 0 Å². The molecule has 2 heterocycles. The van der Waals surface area contributed by atoms with Crippen LogP contribution in [0.5, 0.6) is 0 Å². The van der Waals surface area contributed by atoms with Crippen LogP contribution < -0.4 is 0 Å². The molecule has 1 atom stereocenters. The lowest BCUT2D eigenvalue weighted by Gasteiger charge is -2.07. The van der Waals surface area contributed by atoms with E-state index in [9.17, 15) is 4.79 Å². The van der Waals surface area contributed by atoms with E-state index in [1.807, 2.05) is 51.1 Å². The van der Waals surface area contributed by atoms with Gasteiger partial charge in [-0.1, -0.05) is 39.8 Å². The summed E-state index contributed by atoms with van der Waals surface area (Å²) in [5.41, 5.74) is 2.55. The van der Waals surface area contributed by atoms with Crippen molar-refractivity contribution in [3.63, 3.8) is 0 Å². The van der Waals surface area contributed by atoms with E-state index < -0.39 is 0 Å². The summed E-state index contributed by atoms with van der Waals surface area (Å²) in [5.74, 6) is 0.621. The van der Waals surface area contributed by atoms with Crippen LogP contribution in [-0.2, 0) is 0 Å². The molecule has 0 aliphatic carbocycles. The maximum absolute atomic E-state index is 12.5. The van der Waals surface area contributed by atoms with Crippen LogP contribution in [0.3, 0.4) is 0 Å². The standard InChI is InChI=1S/C16H15BrN4OS/c1-9-8-10(2)21-15(18-9)19-16(20-21)23-11(3)14(22)12-4-6-13(17)7-5-12/h4-8,11H,1-3H3. The average molecular weight is 391 g/mol. The minimum absolute atomic E-state index is 0.0576. The number of thioether (sulfide) groups is 1. The van der Waals surface area contributed by atoms with E-state index in [4.69, 9.17) is 0 Å². The highest BCUT2D eigenvalue weighted by Gasteiger charge is 2.19. The average Bonchev–Trinajstić information content (AvgIpc) is 2.90. The first-order chi connectivity index (χ1) is 10.9. The maximum Gasteiger partial charge on any atom is 0.253 e. The van der Waals surface area contributed by atoms with Crippen molar-refractivity contribution in [1.82, 2.24) is 19.6 Å². The normalized spacial score (nSPS) is 12.5. The number of ketones is 1. The van der Waals surface area contributed by atoms with Gasteiger partial charge in [-0.15, -0.1) is 5.10 Å². The zero-order chi connectivity index (χ0) is 16.6. The number of halogens is 1. The number of nitrogens with zero attached hydrogens (tertiary/aromatic N) is 4. The van der Waals surface area contributed by atoms with Crippen molar-refractivity contribution in [2.24, 2.45) is 0 Å². The Balaban J connectivity index is 1.82. The number of carbonyl (C=O) groups is 1. The number of benzene rings is 1. The fraction of sp³-hybridized carbons (Fsp3) is 0.250. The van der Waals surface area contributed by atoms with Crippen LogP contribution in [0.15, 0.2) is 40.0 Å². The van der Waals surface area contributed by atoms with Crippen LogP contribution >= 0.6 is 27.7 Å². The van der Waals surface area contributed by atoms with Gasteiger partial charge < -0.3 is 0 Å². The number of Topliss-reactive ketones (excluding diaryl/α,β-unsaturated/α-hetero) is 1. The molecule has 3 rings (SSSR count). The molecule has 7 heteroatoms. The molecule has 1 unspecified atom stereocenters. The van der Waals surface area contributed by atoms with Crippen LogP contribution in [0.25, 0.3) is 5.78 Å². The molecule has 1 aromatic carbocycles. The number of rotatable bonds is 4. The van der Waals surface area contributed by atoms with Gasteiger partial charge >= 0.3 is 0 Å². The molecule has 0 bridgehead atoms. The molecule has 3 aromatic rings. The number of hydrogen-bond acceptors (Lipinski definition) is 5. The Bertz CT molecular complexity index is 876. The first-order valence-corrected chi connectivity index (χ1v) is 8.79. The van der Waals surface area contributed by atoms with Gasteiger partial charge in [-0.3, -0.25) is 4.79 Å². The van der Waals surface area contributed by atoms with Crippen LogP contribution in [0, 0.1) is 13.8 Å². The van der Waals surface area contributed by atoms with Crippen molar-refractivity contribution < 1.29 is 4.79 Å². The molecule has 0 saturated carbocycles. The predicted molar refractivity (Wildman–Crippen MR) is 94.0 cm³/mol. The molecule has 5 nitrogen and oxygen atoms in total. The Hall–Kier alpha value is -1.73. The lowest BCUT2D eigenvalue weighted by Crippen LogP contribution is -2.13. The van der Waals surface area contributed by atoms with Crippen molar-refractivity contribution >= 4 is 39.3 Å². The molecular formula is C16H15BrN4OS. The molecule has 23 heavy (non-hydrogen) atoms. The van der Waals surface area contributed by atoms with Crippen LogP contribution in [0.2, 0.25) is 0 Å². The van der Waals surface area contributed by atoms with E-state index in [1.165, 1.54) is 11.8 Å². The molecule has 0 aliphatic rings. The van der Waals surface area contributed by atoms with E-state index in [-0.39, 0.29) is 11.0 Å². The highest BCUT2D eigenvalue weighted by atomic mass is 79.9. The number of carbonyl (C=O) groups excluding carboxylic acids is 1. The largest absolute Gasteiger partial charge is 0.293 e. The van der Waals surface area contributed by atoms with Gasteiger partial charge in [0.1, 0.15) is 0 Å². The summed E-state index contributed by atoms with van der Waals surface area (Å²) in [5, 5.41) is 4.72. The second kappa shape index (κ2) is 6.41. The van der Waals surface area contributed by atoms with Crippen molar-refractivity contribution in [3.05, 3.63) is 51.8 Å². The van der Waals surface area contributed by atoms with Gasteiger partial charge in [0.15, 0.2) is 5.78 Å². The van der Waals surface area contributed by atoms with E-state index in [0.717, 1.165) is 15.9 Å². The number of fused-ring (bicyclic) bond motifs is 1. The Morgan fingerprint density at radius 3 is 2.61 bits per heavy atom. The van der Waals surface area contributed by atoms with Crippen LogP contribution in [0.1, 0.15) is 28.7 Å². The van der Waals surface area contributed by atoms with Crippen LogP contribution in [0.4, 0.5) is 0 Å². The molecule has 0 fully saturated rings. The summed E-state index contributed by atoms with van der Waals surface area (Å²) >= 11 is 4.72. The van der Waals surface area contributed by atoms with Gasteiger partial charge in [0, 0.05) is 21.4 Å². The monoisotopic (exact) mass is 390 g/mol. The van der Waals surface area contributed by atoms with Crippen molar-refractivity contribution in [1.29, 1.82) is 0 Å². The van der Waals surface area contributed by atoms with Crippen molar-refractivity contribution in [2.45, 2.75) is 31.2 Å². The molecular weight excluding hydrogens is 376 g/mol. The SMILES string of the molecule is Cc1cc(C)n2nc(SC(C)C(=O)c3ccc(Br)cc3)nc2n1. The van der Waals surface area contributed by atoms with Gasteiger partial charge in [-0.2, -0.15) is 4.98 Å². The van der Waals surface area contributed by atoms with E-state index in [0.29, 0.717) is 16.5 Å². The summed E-state index contributed by atoms with van der Waals surface area (Å²) in [6.07, 6.45) is 0. The highest BCUT2D eigenvalue weighted by Crippen LogP contribution is 2.24. The topological polar surface area (TPSA) is 60.2 Å². The third kappa shape index (κ3) is 3.45. The van der Waals surface area contributed by atoms with Crippen molar-refractivity contribution in [2.75, 3.05) is 0 Å². The second-order valence-electron chi connectivity index (χ2n) is 5.28. The van der Waals surface area contributed by atoms with Gasteiger partial charge in [0.05, 0.1) is 5.25 Å². The highest BCUT2D eigenvalue weighted by molar-refractivity contribution is 9.10. The van der Waals surface area contributed by atoms with Gasteiger partial charge in [0.25, 0.3) is 5.78 Å². The Kier molecular flexibility index (Phi) is 4.50. The molecule has 0 aliphatic heterocycles. The Morgan fingerprint density at radius 1 is 1.22 bits per heavy atom. The third-order valence-corrected chi connectivity index (χ3v) is 4.86. The smallest absolute Gasteiger partial charge is 0.253 e. The predicted octanol–water partition coefficient (Wildman–Crippen LogP) is 3.87. The van der Waals surface area contributed by atoms with Crippen molar-refractivity contribution in [3.8, 4) is 0 Å². The molecule has 0 radical (unpaired) electrons. The Labute approximate surface area is 146 Å². The zero-order valence-corrected chi connectivity index (χ0v) is 15.3. The fourth-order valence-corrected chi connectivity index (χ4v) is 3.35. The molecule has 118 valence electrons. The molecule has 0 N–H and O–H groups in total. The lowest BCUT2D eigenvalue weighted by atomic mass is 10.1. The van der Waals surface area contributed by atoms with E-state index in [2.05, 4.69) is 31.0 Å². The number of aromatic nitrogens is 4. The summed E-state index contributed by atoms with van der Waals surface area (Å²) in [7, 11) is 0. The summed E-state index contributed by atoms with van der Waals surface area (Å²) in [6.45, 7) is 5.75. The minimum atomic E-state index is -0.269. The van der Waals surface area contributed by atoms with Gasteiger partial charge in [-0.25, -0.2) is 9.50 Å². The number of aryl methyl sites for hydroxylation is 2. The van der Waals surface area contributed by atoms with Gasteiger partial charge in [0.2, 0.25) is 5.16 Å².